The summed E-state index contributed by atoms with van der Waals surface area (Å²) in [4.78, 5) is 0. The molecule has 0 bridgehead atoms. The lowest BCUT2D eigenvalue weighted by Gasteiger charge is -2.13. The number of hydrogen-bond donors (Lipinski definition) is 1. The number of rotatable bonds is 3. The molecule has 1 heterocycles. The van der Waals surface area contributed by atoms with Gasteiger partial charge in [0.25, 0.3) is 0 Å². The first-order valence-corrected chi connectivity index (χ1v) is 7.29. The molecule has 21 heavy (non-hydrogen) atoms. The van der Waals surface area contributed by atoms with Gasteiger partial charge < -0.3 is 5.73 Å². The lowest BCUT2D eigenvalue weighted by molar-refractivity contribution is 0.681. The van der Waals surface area contributed by atoms with Gasteiger partial charge in [-0.3, -0.25) is 4.68 Å². The maximum atomic E-state index is 6.42. The van der Waals surface area contributed by atoms with Crippen molar-refractivity contribution in [3.05, 3.63) is 64.8 Å². The summed E-state index contributed by atoms with van der Waals surface area (Å²) in [5, 5.41) is 5.83. The zero-order valence-corrected chi connectivity index (χ0v) is 12.8. The molecule has 0 saturated heterocycles. The summed E-state index contributed by atoms with van der Waals surface area (Å²) in [5.74, 6) is 0. The van der Waals surface area contributed by atoms with E-state index in [1.807, 2.05) is 17.8 Å². The Morgan fingerprint density at radius 2 is 1.76 bits per heavy atom. The third-order valence-electron chi connectivity index (χ3n) is 3.92. The molecule has 3 nitrogen and oxygen atoms in total. The number of benzene rings is 2. The fourth-order valence-corrected chi connectivity index (χ4v) is 2.99. The smallest absolute Gasteiger partial charge is 0.0722 e. The minimum absolute atomic E-state index is 0.0260. The Balaban J connectivity index is 1.94. The highest BCUT2D eigenvalue weighted by atomic mass is 15.3. The van der Waals surface area contributed by atoms with Gasteiger partial charge in [-0.1, -0.05) is 47.5 Å². The van der Waals surface area contributed by atoms with Crippen molar-refractivity contribution in [1.82, 2.24) is 9.78 Å². The van der Waals surface area contributed by atoms with Gasteiger partial charge in [-0.05, 0) is 25.5 Å². The van der Waals surface area contributed by atoms with E-state index in [0.717, 1.165) is 17.6 Å². The Labute approximate surface area is 125 Å². The fourth-order valence-electron chi connectivity index (χ4n) is 2.99. The lowest BCUT2D eigenvalue weighted by atomic mass is 9.98. The second-order valence-electron chi connectivity index (χ2n) is 5.82. The molecule has 1 atom stereocenters. The number of fused-ring (bicyclic) bond motifs is 1. The normalized spacial score (nSPS) is 12.8. The molecule has 2 N–H and O–H groups in total. The van der Waals surface area contributed by atoms with Crippen molar-refractivity contribution in [2.24, 2.45) is 12.8 Å². The van der Waals surface area contributed by atoms with Crippen LogP contribution in [0.3, 0.4) is 0 Å². The quantitative estimate of drug-likeness (QED) is 0.798. The van der Waals surface area contributed by atoms with Gasteiger partial charge in [0.05, 0.1) is 11.2 Å². The van der Waals surface area contributed by atoms with Gasteiger partial charge in [-0.25, -0.2) is 0 Å². The van der Waals surface area contributed by atoms with Crippen molar-refractivity contribution in [3.8, 4) is 0 Å². The molecule has 0 aliphatic heterocycles. The third kappa shape index (κ3) is 2.69. The van der Waals surface area contributed by atoms with E-state index < -0.39 is 0 Å². The summed E-state index contributed by atoms with van der Waals surface area (Å²) in [5.41, 5.74) is 12.3. The first kappa shape index (κ1) is 13.8. The summed E-state index contributed by atoms with van der Waals surface area (Å²) < 4.78 is 1.93. The van der Waals surface area contributed by atoms with Crippen LogP contribution in [0.1, 0.15) is 28.4 Å². The van der Waals surface area contributed by atoms with Crippen LogP contribution in [0, 0.1) is 13.8 Å². The summed E-state index contributed by atoms with van der Waals surface area (Å²) in [6.07, 6.45) is 0.754. The Kier molecular flexibility index (Phi) is 3.52. The number of para-hydroxylation sites is 1. The van der Waals surface area contributed by atoms with Crippen LogP contribution in [0.5, 0.6) is 0 Å². The Morgan fingerprint density at radius 3 is 2.48 bits per heavy atom. The molecule has 1 unspecified atom stereocenters. The molecule has 0 spiro atoms. The largest absolute Gasteiger partial charge is 0.324 e. The molecule has 3 heteroatoms. The molecular formula is C18H21N3. The van der Waals surface area contributed by atoms with Crippen LogP contribution in [-0.2, 0) is 13.5 Å². The molecule has 3 rings (SSSR count). The van der Waals surface area contributed by atoms with Gasteiger partial charge in [0, 0.05) is 24.9 Å². The van der Waals surface area contributed by atoms with Gasteiger partial charge in [0.2, 0.25) is 0 Å². The van der Waals surface area contributed by atoms with E-state index in [-0.39, 0.29) is 6.04 Å². The van der Waals surface area contributed by atoms with E-state index in [1.165, 1.54) is 22.1 Å². The second-order valence-corrected chi connectivity index (χ2v) is 5.82. The Hall–Kier alpha value is -2.13. The Morgan fingerprint density at radius 1 is 1.10 bits per heavy atom. The van der Waals surface area contributed by atoms with Crippen LogP contribution < -0.4 is 5.73 Å². The summed E-state index contributed by atoms with van der Waals surface area (Å²) in [6, 6.07) is 14.8. The van der Waals surface area contributed by atoms with Gasteiger partial charge >= 0.3 is 0 Å². The Bertz CT molecular complexity index is 766. The minimum Gasteiger partial charge on any atom is -0.324 e. The molecule has 0 radical (unpaired) electrons. The van der Waals surface area contributed by atoms with Gasteiger partial charge in [0.1, 0.15) is 0 Å². The zero-order valence-electron chi connectivity index (χ0n) is 12.8. The number of aromatic nitrogens is 2. The maximum Gasteiger partial charge on any atom is 0.0722 e. The molecule has 2 aromatic carbocycles. The van der Waals surface area contributed by atoms with E-state index in [0.29, 0.717) is 0 Å². The molecule has 0 saturated carbocycles. The maximum absolute atomic E-state index is 6.42. The highest BCUT2D eigenvalue weighted by molar-refractivity contribution is 5.81. The minimum atomic E-state index is -0.0260. The van der Waals surface area contributed by atoms with E-state index in [2.05, 4.69) is 55.3 Å². The third-order valence-corrected chi connectivity index (χ3v) is 3.92. The highest BCUT2D eigenvalue weighted by Crippen LogP contribution is 2.23. The number of nitrogens with two attached hydrogens (primary N) is 1. The molecule has 1 aromatic heterocycles. The van der Waals surface area contributed by atoms with Gasteiger partial charge in [0.15, 0.2) is 0 Å². The van der Waals surface area contributed by atoms with Crippen molar-refractivity contribution in [2.45, 2.75) is 26.3 Å². The second kappa shape index (κ2) is 5.34. The predicted molar refractivity (Wildman–Crippen MR) is 87.3 cm³/mol. The molecule has 0 aliphatic rings. The fraction of sp³-hybridized carbons (Fsp3) is 0.278. The van der Waals surface area contributed by atoms with Crippen molar-refractivity contribution in [3.63, 3.8) is 0 Å². The lowest BCUT2D eigenvalue weighted by Crippen LogP contribution is -2.14. The predicted octanol–water partition coefficient (Wildman–Crippen LogP) is 3.43. The average Bonchev–Trinajstić information content (AvgIpc) is 2.75. The molecule has 0 aliphatic carbocycles. The zero-order chi connectivity index (χ0) is 15.0. The van der Waals surface area contributed by atoms with Crippen LogP contribution in [-0.4, -0.2) is 9.78 Å². The highest BCUT2D eigenvalue weighted by Gasteiger charge is 2.14. The van der Waals surface area contributed by atoms with Crippen LogP contribution >= 0.6 is 0 Å². The van der Waals surface area contributed by atoms with Gasteiger partial charge in [-0.15, -0.1) is 0 Å². The van der Waals surface area contributed by atoms with E-state index in [4.69, 9.17) is 5.73 Å². The number of hydrogen-bond acceptors (Lipinski definition) is 2. The van der Waals surface area contributed by atoms with Crippen LogP contribution in [0.15, 0.2) is 42.5 Å². The van der Waals surface area contributed by atoms with Crippen LogP contribution in [0.2, 0.25) is 0 Å². The SMILES string of the molecule is Cc1cc(C)cc(C(N)Cc2nn(C)c3ccccc23)c1. The first-order chi connectivity index (χ1) is 10.0. The monoisotopic (exact) mass is 279 g/mol. The van der Waals surface area contributed by atoms with Crippen LogP contribution in [0.25, 0.3) is 10.9 Å². The van der Waals surface area contributed by atoms with E-state index in [9.17, 15) is 0 Å². The molecule has 0 fully saturated rings. The molecule has 108 valence electrons. The van der Waals surface area contributed by atoms with Crippen LogP contribution in [0.4, 0.5) is 0 Å². The number of nitrogens with zero attached hydrogens (tertiary/aromatic N) is 2. The topological polar surface area (TPSA) is 43.8 Å². The molecular weight excluding hydrogens is 258 g/mol. The van der Waals surface area contributed by atoms with Crippen molar-refractivity contribution in [1.29, 1.82) is 0 Å². The average molecular weight is 279 g/mol. The van der Waals surface area contributed by atoms with E-state index in [1.54, 1.807) is 0 Å². The number of aryl methyl sites for hydroxylation is 3. The molecule has 3 aromatic rings. The summed E-state index contributed by atoms with van der Waals surface area (Å²) in [7, 11) is 1.98. The standard InChI is InChI=1S/C18H21N3/c1-12-8-13(2)10-14(9-12)16(19)11-17-15-6-4-5-7-18(15)21(3)20-17/h4-10,16H,11,19H2,1-3H3. The summed E-state index contributed by atoms with van der Waals surface area (Å²) >= 11 is 0. The van der Waals surface area contributed by atoms with E-state index >= 15 is 0 Å². The molecule has 0 amide bonds. The first-order valence-electron chi connectivity index (χ1n) is 7.29. The summed E-state index contributed by atoms with van der Waals surface area (Å²) in [6.45, 7) is 4.22. The van der Waals surface area contributed by atoms with Gasteiger partial charge in [-0.2, -0.15) is 5.10 Å². The van der Waals surface area contributed by atoms with Crippen molar-refractivity contribution in [2.75, 3.05) is 0 Å². The van der Waals surface area contributed by atoms with Crippen molar-refractivity contribution < 1.29 is 0 Å². The van der Waals surface area contributed by atoms with Crippen molar-refractivity contribution >= 4 is 10.9 Å².